The Morgan fingerprint density at radius 3 is 2.17 bits per heavy atom. The molecule has 0 saturated heterocycles. The van der Waals surface area contributed by atoms with Crippen LogP contribution < -0.4 is 10.1 Å². The van der Waals surface area contributed by atoms with Gasteiger partial charge in [-0.15, -0.1) is 11.8 Å². The molecule has 0 aliphatic heterocycles. The van der Waals surface area contributed by atoms with E-state index in [1.807, 2.05) is 0 Å². The van der Waals surface area contributed by atoms with Crippen molar-refractivity contribution >= 4 is 29.0 Å². The Labute approximate surface area is 137 Å². The van der Waals surface area contributed by atoms with Crippen molar-refractivity contribution in [1.29, 1.82) is 0 Å². The van der Waals surface area contributed by atoms with Crippen LogP contribution in [-0.4, -0.2) is 34.9 Å². The standard InChI is InChI=1S/C16H13N3O3S/c1-22-10-5-3-9(4-6-10)19-13-14(20)11-12(18-8-7-17-11)15(21)16(13)23-2/h3-8,19H,1-2H3. The number of benzene rings is 1. The number of carbonyl (C=O) groups excluding carboxylic acids is 2. The van der Waals surface area contributed by atoms with Crippen LogP contribution in [0.1, 0.15) is 21.0 Å². The maximum absolute atomic E-state index is 12.6. The van der Waals surface area contributed by atoms with Gasteiger partial charge in [0.15, 0.2) is 0 Å². The molecule has 0 spiro atoms. The van der Waals surface area contributed by atoms with Crippen LogP contribution in [0.3, 0.4) is 0 Å². The quantitative estimate of drug-likeness (QED) is 0.924. The zero-order chi connectivity index (χ0) is 16.4. The van der Waals surface area contributed by atoms with E-state index in [0.29, 0.717) is 16.3 Å². The summed E-state index contributed by atoms with van der Waals surface area (Å²) in [5, 5.41) is 3.02. The smallest absolute Gasteiger partial charge is 0.231 e. The molecule has 23 heavy (non-hydrogen) atoms. The molecule has 0 unspecified atom stereocenters. The Morgan fingerprint density at radius 1 is 1.00 bits per heavy atom. The number of nitrogens with one attached hydrogen (secondary N) is 1. The third kappa shape index (κ3) is 2.70. The minimum absolute atomic E-state index is 0.0753. The van der Waals surface area contributed by atoms with E-state index in [9.17, 15) is 9.59 Å². The van der Waals surface area contributed by atoms with E-state index < -0.39 is 0 Å². The van der Waals surface area contributed by atoms with Crippen LogP contribution >= 0.6 is 11.8 Å². The summed E-state index contributed by atoms with van der Waals surface area (Å²) in [6, 6.07) is 7.08. The molecule has 0 saturated carbocycles. The number of Topliss-reactive ketones (excluding diaryl/α,β-unsaturated/α-hetero) is 2. The van der Waals surface area contributed by atoms with Crippen molar-refractivity contribution in [2.45, 2.75) is 0 Å². The normalized spacial score (nSPS) is 13.8. The zero-order valence-corrected chi connectivity index (χ0v) is 13.3. The molecule has 0 amide bonds. The van der Waals surface area contributed by atoms with Gasteiger partial charge < -0.3 is 10.1 Å². The molecule has 0 radical (unpaired) electrons. The lowest BCUT2D eigenvalue weighted by molar-refractivity contribution is 0.0975. The largest absolute Gasteiger partial charge is 0.497 e. The maximum atomic E-state index is 12.6. The highest BCUT2D eigenvalue weighted by atomic mass is 32.2. The maximum Gasteiger partial charge on any atom is 0.231 e. The Bertz CT molecular complexity index is 816. The molecule has 1 aliphatic rings. The Morgan fingerprint density at radius 2 is 1.61 bits per heavy atom. The van der Waals surface area contributed by atoms with Crippen molar-refractivity contribution in [2.75, 3.05) is 18.7 Å². The third-order valence-electron chi connectivity index (χ3n) is 3.35. The fourth-order valence-corrected chi connectivity index (χ4v) is 2.87. The third-order valence-corrected chi connectivity index (χ3v) is 4.15. The summed E-state index contributed by atoms with van der Waals surface area (Å²) in [5.74, 6) is 0.0703. The summed E-state index contributed by atoms with van der Waals surface area (Å²) in [7, 11) is 1.58. The SMILES string of the molecule is COc1ccc(NC2=C(SC)C(=O)c3nccnc3C2=O)cc1. The minimum Gasteiger partial charge on any atom is -0.497 e. The van der Waals surface area contributed by atoms with Gasteiger partial charge in [-0.3, -0.25) is 9.59 Å². The van der Waals surface area contributed by atoms with Gasteiger partial charge in [0, 0.05) is 18.1 Å². The number of nitrogens with zero attached hydrogens (tertiary/aromatic N) is 2. The number of anilines is 1. The van der Waals surface area contributed by atoms with Gasteiger partial charge in [0.2, 0.25) is 11.6 Å². The molecule has 6 nitrogen and oxygen atoms in total. The van der Waals surface area contributed by atoms with Gasteiger partial charge in [0.1, 0.15) is 22.8 Å². The van der Waals surface area contributed by atoms with Crippen LogP contribution in [0, 0.1) is 0 Å². The Hall–Kier alpha value is -2.67. The van der Waals surface area contributed by atoms with Crippen LogP contribution in [-0.2, 0) is 0 Å². The number of fused-ring (bicyclic) bond motifs is 1. The van der Waals surface area contributed by atoms with Gasteiger partial charge in [-0.1, -0.05) is 0 Å². The molecule has 1 aromatic heterocycles. The van der Waals surface area contributed by atoms with Crippen LogP contribution in [0.25, 0.3) is 0 Å². The zero-order valence-electron chi connectivity index (χ0n) is 12.5. The average Bonchev–Trinajstić information content (AvgIpc) is 2.60. The number of rotatable bonds is 4. The summed E-state index contributed by atoms with van der Waals surface area (Å²) in [4.78, 5) is 33.5. The number of allylic oxidation sites excluding steroid dienone is 2. The number of hydrogen-bond acceptors (Lipinski definition) is 7. The highest BCUT2D eigenvalue weighted by Crippen LogP contribution is 2.30. The lowest BCUT2D eigenvalue weighted by Gasteiger charge is -2.19. The first kappa shape index (κ1) is 15.2. The Balaban J connectivity index is 2.01. The molecular weight excluding hydrogens is 314 g/mol. The molecule has 1 aromatic carbocycles. The van der Waals surface area contributed by atoms with Crippen molar-refractivity contribution in [2.24, 2.45) is 0 Å². The molecule has 0 fully saturated rings. The summed E-state index contributed by atoms with van der Waals surface area (Å²) >= 11 is 1.21. The van der Waals surface area contributed by atoms with E-state index in [4.69, 9.17) is 4.74 Å². The van der Waals surface area contributed by atoms with E-state index in [2.05, 4.69) is 15.3 Å². The summed E-state index contributed by atoms with van der Waals surface area (Å²) in [6.45, 7) is 0. The van der Waals surface area contributed by atoms with Crippen molar-refractivity contribution < 1.29 is 14.3 Å². The molecule has 2 aromatic rings. The first-order valence-corrected chi connectivity index (χ1v) is 7.98. The highest BCUT2D eigenvalue weighted by Gasteiger charge is 2.34. The van der Waals surface area contributed by atoms with Gasteiger partial charge in [-0.2, -0.15) is 0 Å². The molecule has 116 valence electrons. The lowest BCUT2D eigenvalue weighted by atomic mass is 10.0. The summed E-state index contributed by atoms with van der Waals surface area (Å²) < 4.78 is 5.10. The van der Waals surface area contributed by atoms with Crippen molar-refractivity contribution in [1.82, 2.24) is 9.97 Å². The van der Waals surface area contributed by atoms with Gasteiger partial charge in [0.05, 0.1) is 12.0 Å². The van der Waals surface area contributed by atoms with Crippen LogP contribution in [0.15, 0.2) is 47.3 Å². The first-order valence-electron chi connectivity index (χ1n) is 6.75. The van der Waals surface area contributed by atoms with E-state index in [0.717, 1.165) is 0 Å². The number of ether oxygens (including phenoxy) is 1. The monoisotopic (exact) mass is 327 g/mol. The van der Waals surface area contributed by atoms with E-state index >= 15 is 0 Å². The predicted molar refractivity (Wildman–Crippen MR) is 87.9 cm³/mol. The van der Waals surface area contributed by atoms with E-state index in [-0.39, 0.29) is 28.7 Å². The van der Waals surface area contributed by atoms with Gasteiger partial charge in [-0.05, 0) is 30.5 Å². The van der Waals surface area contributed by atoms with E-state index in [1.165, 1.54) is 24.2 Å². The van der Waals surface area contributed by atoms with Crippen molar-refractivity contribution in [3.8, 4) is 5.75 Å². The number of methoxy groups -OCH3 is 1. The lowest BCUT2D eigenvalue weighted by Crippen LogP contribution is -2.27. The predicted octanol–water partition coefficient (Wildman–Crippen LogP) is 2.55. The number of aromatic nitrogens is 2. The van der Waals surface area contributed by atoms with Crippen LogP contribution in [0.2, 0.25) is 0 Å². The first-order chi connectivity index (χ1) is 11.2. The molecule has 3 rings (SSSR count). The van der Waals surface area contributed by atoms with Crippen molar-refractivity contribution in [3.05, 3.63) is 58.6 Å². The Kier molecular flexibility index (Phi) is 4.12. The van der Waals surface area contributed by atoms with Gasteiger partial charge >= 0.3 is 0 Å². The molecule has 0 atom stereocenters. The fourth-order valence-electron chi connectivity index (χ4n) is 2.24. The molecule has 1 N–H and O–H groups in total. The second-order valence-corrected chi connectivity index (χ2v) is 5.49. The molecule has 1 aliphatic carbocycles. The number of carbonyl (C=O) groups is 2. The van der Waals surface area contributed by atoms with Crippen LogP contribution in [0.4, 0.5) is 5.69 Å². The molecule has 7 heteroatoms. The number of hydrogen-bond donors (Lipinski definition) is 1. The average molecular weight is 327 g/mol. The fraction of sp³-hybridized carbons (Fsp3) is 0.125. The number of ketones is 2. The van der Waals surface area contributed by atoms with Gasteiger partial charge in [-0.25, -0.2) is 9.97 Å². The minimum atomic E-state index is -0.340. The topological polar surface area (TPSA) is 81.2 Å². The summed E-state index contributed by atoms with van der Waals surface area (Å²) in [5.41, 5.74) is 1.08. The van der Waals surface area contributed by atoms with Gasteiger partial charge in [0.25, 0.3) is 0 Å². The summed E-state index contributed by atoms with van der Waals surface area (Å²) in [6.07, 6.45) is 4.56. The van der Waals surface area contributed by atoms with Crippen molar-refractivity contribution in [3.63, 3.8) is 0 Å². The van der Waals surface area contributed by atoms with E-state index in [1.54, 1.807) is 37.6 Å². The molecular formula is C16H13N3O3S. The second kappa shape index (κ2) is 6.21. The highest BCUT2D eigenvalue weighted by molar-refractivity contribution is 8.03. The second-order valence-electron chi connectivity index (χ2n) is 4.67. The molecule has 1 heterocycles. The molecule has 0 bridgehead atoms. The van der Waals surface area contributed by atoms with Crippen LogP contribution in [0.5, 0.6) is 5.75 Å². The number of thioether (sulfide) groups is 1.